The SMILES string of the molecule is NC(=O)CSC1=N[C@H]2c3nsnc3C=C[C@H]2N1. The van der Waals surface area contributed by atoms with Gasteiger partial charge in [-0.05, 0) is 6.08 Å². The Hall–Kier alpha value is -1.41. The first kappa shape index (κ1) is 10.7. The van der Waals surface area contributed by atoms with Gasteiger partial charge in [0.05, 0.1) is 23.5 Å². The molecule has 1 aromatic rings. The first-order valence-corrected chi connectivity index (χ1v) is 6.72. The number of carbonyl (C=O) groups is 1. The smallest absolute Gasteiger partial charge is 0.227 e. The summed E-state index contributed by atoms with van der Waals surface area (Å²) >= 11 is 2.52. The number of carbonyl (C=O) groups excluding carboxylic acids is 1. The Morgan fingerprint density at radius 3 is 3.29 bits per heavy atom. The van der Waals surface area contributed by atoms with Gasteiger partial charge < -0.3 is 11.1 Å². The summed E-state index contributed by atoms with van der Waals surface area (Å²) < 4.78 is 8.44. The third-order valence-corrected chi connectivity index (χ3v) is 4.00. The van der Waals surface area contributed by atoms with E-state index in [1.807, 2.05) is 12.2 Å². The molecule has 2 aliphatic rings. The highest BCUT2D eigenvalue weighted by Gasteiger charge is 2.34. The molecule has 2 atom stereocenters. The molecule has 8 heteroatoms. The van der Waals surface area contributed by atoms with Gasteiger partial charge in [-0.15, -0.1) is 0 Å². The van der Waals surface area contributed by atoms with Gasteiger partial charge in [0.25, 0.3) is 0 Å². The van der Waals surface area contributed by atoms with Gasteiger partial charge in [0, 0.05) is 0 Å². The number of aliphatic imine (C=N–C) groups is 1. The van der Waals surface area contributed by atoms with E-state index in [0.717, 1.165) is 16.6 Å². The normalized spacial score (nSPS) is 24.8. The van der Waals surface area contributed by atoms with E-state index in [9.17, 15) is 4.79 Å². The molecule has 0 saturated heterocycles. The maximum atomic E-state index is 10.7. The van der Waals surface area contributed by atoms with Crippen molar-refractivity contribution in [2.75, 3.05) is 5.75 Å². The van der Waals surface area contributed by atoms with Gasteiger partial charge in [0.2, 0.25) is 5.91 Å². The first-order valence-electron chi connectivity index (χ1n) is 5.00. The minimum atomic E-state index is -0.346. The summed E-state index contributed by atoms with van der Waals surface area (Å²) in [6.07, 6.45) is 3.97. The predicted octanol–water partition coefficient (Wildman–Crippen LogP) is 0.152. The van der Waals surface area contributed by atoms with Gasteiger partial charge in [0.1, 0.15) is 17.4 Å². The summed E-state index contributed by atoms with van der Waals surface area (Å²) in [5.74, 6) is -0.113. The largest absolute Gasteiger partial charge is 0.369 e. The molecule has 3 rings (SSSR count). The number of hydrogen-bond acceptors (Lipinski definition) is 7. The zero-order valence-corrected chi connectivity index (χ0v) is 10.3. The number of amides is 1. The standard InChI is InChI=1S/C9H9N5OS2/c10-6(15)3-16-9-11-4-1-2-5-8(7(4)12-9)14-17-13-5/h1-2,4,7H,3H2,(H2,10,15)(H,11,12)/t4-,7-/m1/s1. The van der Waals surface area contributed by atoms with Crippen molar-refractivity contribution in [3.8, 4) is 0 Å². The lowest BCUT2D eigenvalue weighted by molar-refractivity contribution is -0.115. The lowest BCUT2D eigenvalue weighted by Crippen LogP contribution is -2.30. The van der Waals surface area contributed by atoms with E-state index in [0.29, 0.717) is 0 Å². The molecular weight excluding hydrogens is 258 g/mol. The molecule has 1 aliphatic heterocycles. The Labute approximate surface area is 106 Å². The molecule has 0 fully saturated rings. The molecule has 1 amide bonds. The van der Waals surface area contributed by atoms with Crippen LogP contribution in [0.2, 0.25) is 0 Å². The average Bonchev–Trinajstić information content (AvgIpc) is 2.91. The minimum absolute atomic E-state index is 0.0240. The molecule has 0 radical (unpaired) electrons. The monoisotopic (exact) mass is 267 g/mol. The summed E-state index contributed by atoms with van der Waals surface area (Å²) in [5.41, 5.74) is 6.90. The molecule has 3 N–H and O–H groups in total. The maximum Gasteiger partial charge on any atom is 0.227 e. The van der Waals surface area contributed by atoms with Crippen LogP contribution in [0, 0.1) is 0 Å². The zero-order valence-electron chi connectivity index (χ0n) is 8.66. The molecule has 88 valence electrons. The van der Waals surface area contributed by atoms with Gasteiger partial charge in [-0.1, -0.05) is 17.8 Å². The number of nitrogens with one attached hydrogen (secondary N) is 1. The molecular formula is C9H9N5OS2. The third-order valence-electron chi connectivity index (χ3n) is 2.52. The summed E-state index contributed by atoms with van der Waals surface area (Å²) in [6.45, 7) is 0. The van der Waals surface area contributed by atoms with Crippen LogP contribution in [0.25, 0.3) is 6.08 Å². The number of primary amides is 1. The van der Waals surface area contributed by atoms with Crippen molar-refractivity contribution in [3.63, 3.8) is 0 Å². The molecule has 6 nitrogen and oxygen atoms in total. The molecule has 0 bridgehead atoms. The van der Waals surface area contributed by atoms with E-state index in [-0.39, 0.29) is 23.7 Å². The Balaban J connectivity index is 1.80. The van der Waals surface area contributed by atoms with Crippen molar-refractivity contribution >= 4 is 40.6 Å². The predicted molar refractivity (Wildman–Crippen MR) is 67.7 cm³/mol. The Morgan fingerprint density at radius 1 is 1.59 bits per heavy atom. The number of nitrogens with two attached hydrogens (primary N) is 1. The minimum Gasteiger partial charge on any atom is -0.369 e. The third kappa shape index (κ3) is 1.93. The highest BCUT2D eigenvalue weighted by atomic mass is 32.2. The molecule has 1 aliphatic carbocycles. The van der Waals surface area contributed by atoms with Crippen LogP contribution in [-0.2, 0) is 4.79 Å². The second kappa shape index (κ2) is 4.11. The molecule has 1 aromatic heterocycles. The number of rotatable bonds is 2. The summed E-state index contributed by atoms with van der Waals surface area (Å²) in [7, 11) is 0. The quantitative estimate of drug-likeness (QED) is 0.795. The average molecular weight is 267 g/mol. The van der Waals surface area contributed by atoms with Gasteiger partial charge in [0.15, 0.2) is 5.17 Å². The fourth-order valence-corrected chi connectivity index (χ4v) is 3.05. The van der Waals surface area contributed by atoms with Crippen LogP contribution in [-0.4, -0.2) is 31.6 Å². The van der Waals surface area contributed by atoms with Crippen molar-refractivity contribution < 1.29 is 4.79 Å². The van der Waals surface area contributed by atoms with Crippen LogP contribution in [0.5, 0.6) is 0 Å². The van der Waals surface area contributed by atoms with E-state index in [1.165, 1.54) is 23.5 Å². The van der Waals surface area contributed by atoms with Crippen LogP contribution in [0.4, 0.5) is 0 Å². The van der Waals surface area contributed by atoms with E-state index in [2.05, 4.69) is 19.1 Å². The molecule has 0 aromatic carbocycles. The Morgan fingerprint density at radius 2 is 2.47 bits per heavy atom. The highest BCUT2D eigenvalue weighted by molar-refractivity contribution is 8.14. The van der Waals surface area contributed by atoms with E-state index < -0.39 is 0 Å². The Bertz CT molecular complexity index is 523. The van der Waals surface area contributed by atoms with Crippen LogP contribution in [0.3, 0.4) is 0 Å². The lowest BCUT2D eigenvalue weighted by Gasteiger charge is -2.16. The van der Waals surface area contributed by atoms with E-state index in [1.54, 1.807) is 0 Å². The van der Waals surface area contributed by atoms with Crippen molar-refractivity contribution in [3.05, 3.63) is 17.5 Å². The summed E-state index contributed by atoms with van der Waals surface area (Å²) in [5, 5.41) is 3.97. The van der Waals surface area contributed by atoms with Gasteiger partial charge in [-0.2, -0.15) is 8.75 Å². The van der Waals surface area contributed by atoms with E-state index in [4.69, 9.17) is 5.73 Å². The van der Waals surface area contributed by atoms with Crippen LogP contribution in [0.1, 0.15) is 17.4 Å². The number of hydrogen-bond donors (Lipinski definition) is 2. The number of amidine groups is 1. The first-order chi connectivity index (χ1) is 8.24. The topological polar surface area (TPSA) is 93.3 Å². The number of thioether (sulfide) groups is 1. The van der Waals surface area contributed by atoms with Crippen molar-refractivity contribution in [2.24, 2.45) is 10.7 Å². The summed E-state index contributed by atoms with van der Waals surface area (Å²) in [4.78, 5) is 15.2. The van der Waals surface area contributed by atoms with Crippen molar-refractivity contribution in [2.45, 2.75) is 12.1 Å². The maximum absolute atomic E-state index is 10.7. The van der Waals surface area contributed by atoms with Crippen LogP contribution >= 0.6 is 23.5 Å². The Kier molecular flexibility index (Phi) is 2.60. The summed E-state index contributed by atoms with van der Waals surface area (Å²) in [6, 6.07) is 0.0888. The zero-order chi connectivity index (χ0) is 11.8. The molecule has 0 spiro atoms. The fourth-order valence-electron chi connectivity index (χ4n) is 1.79. The van der Waals surface area contributed by atoms with Crippen LogP contribution in [0.15, 0.2) is 11.1 Å². The van der Waals surface area contributed by atoms with E-state index >= 15 is 0 Å². The second-order valence-corrected chi connectivity index (χ2v) is 5.19. The fraction of sp³-hybridized carbons (Fsp3) is 0.333. The molecule has 0 saturated carbocycles. The van der Waals surface area contributed by atoms with Gasteiger partial charge in [-0.3, -0.25) is 9.79 Å². The number of fused-ring (bicyclic) bond motifs is 3. The molecule has 2 heterocycles. The molecule has 17 heavy (non-hydrogen) atoms. The van der Waals surface area contributed by atoms with Crippen LogP contribution < -0.4 is 11.1 Å². The van der Waals surface area contributed by atoms with Gasteiger partial charge in [-0.25, -0.2) is 0 Å². The lowest BCUT2D eigenvalue weighted by atomic mass is 9.99. The van der Waals surface area contributed by atoms with Crippen molar-refractivity contribution in [1.29, 1.82) is 0 Å². The highest BCUT2D eigenvalue weighted by Crippen LogP contribution is 2.33. The number of aromatic nitrogens is 2. The van der Waals surface area contributed by atoms with Gasteiger partial charge >= 0.3 is 0 Å². The molecule has 0 unspecified atom stereocenters. The second-order valence-electron chi connectivity index (χ2n) is 3.70. The number of nitrogens with zero attached hydrogens (tertiary/aromatic N) is 3. The van der Waals surface area contributed by atoms with Crippen molar-refractivity contribution in [1.82, 2.24) is 14.1 Å².